The summed E-state index contributed by atoms with van der Waals surface area (Å²) >= 11 is 1.74. The Morgan fingerprint density at radius 3 is 2.45 bits per heavy atom. The molecule has 0 atom stereocenters. The third-order valence-electron chi connectivity index (χ3n) is 3.02. The van der Waals surface area contributed by atoms with E-state index in [1.165, 1.54) is 15.0 Å². The standard InChI is InChI=1S/C17H16O2S/c1-11(2)19-15-8-5-13-9-16(20-17(13)10-15)12-3-6-14(18)7-4-12/h3-11,18H,1-2H3. The first-order valence-electron chi connectivity index (χ1n) is 6.61. The van der Waals surface area contributed by atoms with Gasteiger partial charge in [0.2, 0.25) is 0 Å². The van der Waals surface area contributed by atoms with Crippen LogP contribution in [-0.4, -0.2) is 11.2 Å². The molecule has 1 heterocycles. The molecule has 2 nitrogen and oxygen atoms in total. The second-order valence-electron chi connectivity index (χ2n) is 5.02. The van der Waals surface area contributed by atoms with Gasteiger partial charge in [-0.05, 0) is 73.3 Å². The van der Waals surface area contributed by atoms with E-state index in [2.05, 4.69) is 18.2 Å². The number of fused-ring (bicyclic) bond motifs is 1. The lowest BCUT2D eigenvalue weighted by atomic mass is 10.1. The minimum atomic E-state index is 0.184. The van der Waals surface area contributed by atoms with Gasteiger partial charge in [0.15, 0.2) is 0 Å². The summed E-state index contributed by atoms with van der Waals surface area (Å²) in [4.78, 5) is 1.20. The Hall–Kier alpha value is -2.00. The summed E-state index contributed by atoms with van der Waals surface area (Å²) in [5.74, 6) is 1.20. The maximum Gasteiger partial charge on any atom is 0.121 e. The van der Waals surface area contributed by atoms with Crippen LogP contribution in [0.1, 0.15) is 13.8 Å². The second-order valence-corrected chi connectivity index (χ2v) is 6.11. The zero-order valence-electron chi connectivity index (χ0n) is 11.5. The Balaban J connectivity index is 1.99. The highest BCUT2D eigenvalue weighted by molar-refractivity contribution is 7.22. The lowest BCUT2D eigenvalue weighted by Gasteiger charge is -2.08. The second kappa shape index (κ2) is 5.17. The molecular weight excluding hydrogens is 268 g/mol. The van der Waals surface area contributed by atoms with E-state index in [4.69, 9.17) is 4.74 Å². The van der Waals surface area contributed by atoms with E-state index in [0.717, 1.165) is 11.3 Å². The molecule has 20 heavy (non-hydrogen) atoms. The van der Waals surface area contributed by atoms with Crippen LogP contribution in [0.4, 0.5) is 0 Å². The molecule has 0 bridgehead atoms. The molecule has 2 aromatic carbocycles. The van der Waals surface area contributed by atoms with E-state index in [-0.39, 0.29) is 6.10 Å². The fraction of sp³-hybridized carbons (Fsp3) is 0.176. The van der Waals surface area contributed by atoms with E-state index in [1.54, 1.807) is 23.5 Å². The first-order valence-corrected chi connectivity index (χ1v) is 7.43. The molecule has 0 saturated heterocycles. The molecule has 0 spiro atoms. The maximum absolute atomic E-state index is 9.35. The summed E-state index contributed by atoms with van der Waals surface area (Å²) in [7, 11) is 0. The average Bonchev–Trinajstić information content (AvgIpc) is 2.81. The van der Waals surface area contributed by atoms with Gasteiger partial charge in [-0.15, -0.1) is 11.3 Å². The van der Waals surface area contributed by atoms with Crippen molar-refractivity contribution in [1.82, 2.24) is 0 Å². The van der Waals surface area contributed by atoms with Gasteiger partial charge in [-0.2, -0.15) is 0 Å². The highest BCUT2D eigenvalue weighted by Gasteiger charge is 2.06. The minimum Gasteiger partial charge on any atom is -0.508 e. The van der Waals surface area contributed by atoms with E-state index in [9.17, 15) is 5.11 Å². The molecule has 0 aliphatic rings. The molecule has 1 N–H and O–H groups in total. The summed E-state index contributed by atoms with van der Waals surface area (Å²) < 4.78 is 6.94. The molecule has 0 amide bonds. The lowest BCUT2D eigenvalue weighted by molar-refractivity contribution is 0.243. The van der Waals surface area contributed by atoms with Crippen LogP contribution in [0.15, 0.2) is 48.5 Å². The predicted octanol–water partition coefficient (Wildman–Crippen LogP) is 5.06. The fourth-order valence-electron chi connectivity index (χ4n) is 2.12. The van der Waals surface area contributed by atoms with Crippen LogP contribution < -0.4 is 4.74 Å². The first kappa shape index (κ1) is 13.0. The van der Waals surface area contributed by atoms with Crippen LogP contribution in [-0.2, 0) is 0 Å². The molecular formula is C17H16O2S. The third kappa shape index (κ3) is 2.63. The van der Waals surface area contributed by atoms with Gasteiger partial charge >= 0.3 is 0 Å². The topological polar surface area (TPSA) is 29.5 Å². The molecule has 0 aliphatic heterocycles. The van der Waals surface area contributed by atoms with Crippen LogP contribution in [0.2, 0.25) is 0 Å². The van der Waals surface area contributed by atoms with Crippen molar-refractivity contribution < 1.29 is 9.84 Å². The molecule has 0 saturated carbocycles. The minimum absolute atomic E-state index is 0.184. The highest BCUT2D eigenvalue weighted by atomic mass is 32.1. The number of benzene rings is 2. The highest BCUT2D eigenvalue weighted by Crippen LogP contribution is 2.35. The number of hydrogen-bond acceptors (Lipinski definition) is 3. The molecule has 0 aliphatic carbocycles. The van der Waals surface area contributed by atoms with Gasteiger partial charge in [0.1, 0.15) is 11.5 Å². The molecule has 1 aromatic heterocycles. The maximum atomic E-state index is 9.35. The van der Waals surface area contributed by atoms with Crippen LogP contribution in [0.5, 0.6) is 11.5 Å². The zero-order valence-corrected chi connectivity index (χ0v) is 12.3. The number of thiophene rings is 1. The van der Waals surface area contributed by atoms with Crippen molar-refractivity contribution in [2.45, 2.75) is 20.0 Å². The van der Waals surface area contributed by atoms with Crippen LogP contribution >= 0.6 is 11.3 Å². The van der Waals surface area contributed by atoms with Crippen molar-refractivity contribution in [2.24, 2.45) is 0 Å². The van der Waals surface area contributed by atoms with Crippen molar-refractivity contribution in [1.29, 1.82) is 0 Å². The van der Waals surface area contributed by atoms with Crippen molar-refractivity contribution in [3.63, 3.8) is 0 Å². The number of phenolic OH excluding ortho intramolecular Hbond substituents is 1. The van der Waals surface area contributed by atoms with Crippen LogP contribution in [0.3, 0.4) is 0 Å². The van der Waals surface area contributed by atoms with Gasteiger partial charge in [0.05, 0.1) is 6.10 Å². The number of hydrogen-bond donors (Lipinski definition) is 1. The monoisotopic (exact) mass is 284 g/mol. The average molecular weight is 284 g/mol. The molecule has 0 radical (unpaired) electrons. The van der Waals surface area contributed by atoms with Gasteiger partial charge in [-0.25, -0.2) is 0 Å². The fourth-order valence-corrected chi connectivity index (χ4v) is 3.22. The predicted molar refractivity (Wildman–Crippen MR) is 84.7 cm³/mol. The smallest absolute Gasteiger partial charge is 0.121 e. The number of rotatable bonds is 3. The van der Waals surface area contributed by atoms with Crippen LogP contribution in [0, 0.1) is 0 Å². The van der Waals surface area contributed by atoms with E-state index >= 15 is 0 Å². The third-order valence-corrected chi connectivity index (χ3v) is 4.16. The van der Waals surface area contributed by atoms with Crippen molar-refractivity contribution in [2.75, 3.05) is 0 Å². The molecule has 0 unspecified atom stereocenters. The molecule has 3 rings (SSSR count). The largest absolute Gasteiger partial charge is 0.508 e. The normalized spacial score (nSPS) is 11.2. The summed E-state index contributed by atoms with van der Waals surface area (Å²) in [5, 5.41) is 10.6. The number of phenols is 1. The van der Waals surface area contributed by atoms with Gasteiger partial charge in [-0.3, -0.25) is 0 Å². The Kier molecular flexibility index (Phi) is 3.36. The van der Waals surface area contributed by atoms with E-state index < -0.39 is 0 Å². The summed E-state index contributed by atoms with van der Waals surface area (Å²) in [6.07, 6.45) is 0.184. The summed E-state index contributed by atoms with van der Waals surface area (Å²) in [6.45, 7) is 4.06. The zero-order chi connectivity index (χ0) is 14.1. The van der Waals surface area contributed by atoms with Crippen molar-refractivity contribution >= 4 is 21.4 Å². The summed E-state index contributed by atoms with van der Waals surface area (Å²) in [6, 6.07) is 15.7. The Morgan fingerprint density at radius 2 is 1.75 bits per heavy atom. The van der Waals surface area contributed by atoms with Crippen LogP contribution in [0.25, 0.3) is 20.5 Å². The quantitative estimate of drug-likeness (QED) is 0.728. The number of ether oxygens (including phenoxy) is 1. The van der Waals surface area contributed by atoms with Gasteiger partial charge < -0.3 is 9.84 Å². The van der Waals surface area contributed by atoms with Crippen molar-refractivity contribution in [3.8, 4) is 21.9 Å². The Labute approximate surface area is 122 Å². The van der Waals surface area contributed by atoms with Gasteiger partial charge in [0.25, 0.3) is 0 Å². The molecule has 3 heteroatoms. The van der Waals surface area contributed by atoms with Gasteiger partial charge in [-0.1, -0.05) is 0 Å². The molecule has 102 valence electrons. The Morgan fingerprint density at radius 1 is 1.00 bits per heavy atom. The lowest BCUT2D eigenvalue weighted by Crippen LogP contribution is -2.04. The summed E-state index contributed by atoms with van der Waals surface area (Å²) in [5.41, 5.74) is 1.12. The van der Waals surface area contributed by atoms with Gasteiger partial charge in [0, 0.05) is 9.58 Å². The van der Waals surface area contributed by atoms with Crippen molar-refractivity contribution in [3.05, 3.63) is 48.5 Å². The van der Waals surface area contributed by atoms with E-state index in [1.807, 2.05) is 32.0 Å². The molecule has 0 fully saturated rings. The molecule has 3 aromatic rings. The first-order chi connectivity index (χ1) is 9.61. The SMILES string of the molecule is CC(C)Oc1ccc2cc(-c3ccc(O)cc3)sc2c1. The Bertz CT molecular complexity index is 726. The number of aromatic hydroxyl groups is 1. The van der Waals surface area contributed by atoms with E-state index in [0.29, 0.717) is 5.75 Å².